The van der Waals surface area contributed by atoms with Gasteiger partial charge in [-0.1, -0.05) is 48.5 Å². The number of benzene rings is 2. The molecule has 27 heavy (non-hydrogen) atoms. The number of para-hydroxylation sites is 1. The smallest absolute Gasteiger partial charge is 0.273 e. The lowest BCUT2D eigenvalue weighted by Gasteiger charge is -2.28. The summed E-state index contributed by atoms with van der Waals surface area (Å²) in [5.74, 6) is -0.602. The predicted molar refractivity (Wildman–Crippen MR) is 102 cm³/mol. The van der Waals surface area contributed by atoms with E-state index in [1.165, 1.54) is 18.0 Å². The maximum Gasteiger partial charge on any atom is 0.273 e. The third-order valence-corrected chi connectivity index (χ3v) is 4.43. The lowest BCUT2D eigenvalue weighted by molar-refractivity contribution is -0.385. The van der Waals surface area contributed by atoms with Crippen LogP contribution in [-0.2, 0) is 22.4 Å². The molecule has 0 aliphatic carbocycles. The molecule has 0 aliphatic heterocycles. The number of nitrogens with one attached hydrogen (secondary N) is 1. The number of carbonyl (C=O) groups is 2. The van der Waals surface area contributed by atoms with Crippen molar-refractivity contribution in [3.63, 3.8) is 0 Å². The number of rotatable bonds is 8. The largest absolute Gasteiger partial charge is 0.357 e. The first kappa shape index (κ1) is 20.1. The number of hydrogen-bond donors (Lipinski definition) is 1. The van der Waals surface area contributed by atoms with Crippen molar-refractivity contribution in [1.82, 2.24) is 10.2 Å². The number of likely N-dealkylation sites (N-methyl/N-ethyl adjacent to an activating group) is 1. The average molecular weight is 369 g/mol. The number of hydrogen-bond acceptors (Lipinski definition) is 4. The van der Waals surface area contributed by atoms with Crippen LogP contribution in [0.1, 0.15) is 18.1 Å². The van der Waals surface area contributed by atoms with Crippen LogP contribution in [0.5, 0.6) is 0 Å². The Balaban J connectivity index is 2.20. The van der Waals surface area contributed by atoms with Gasteiger partial charge in [-0.3, -0.25) is 19.7 Å². The molecule has 0 saturated carbocycles. The molecule has 2 amide bonds. The Morgan fingerprint density at radius 2 is 1.74 bits per heavy atom. The first-order valence-electron chi connectivity index (χ1n) is 8.71. The van der Waals surface area contributed by atoms with Crippen LogP contribution in [0.3, 0.4) is 0 Å². The minimum atomic E-state index is -0.672. The van der Waals surface area contributed by atoms with Crippen LogP contribution in [0, 0.1) is 10.1 Å². The highest BCUT2D eigenvalue weighted by Crippen LogP contribution is 2.19. The number of nitrogens with zero attached hydrogens (tertiary/aromatic N) is 2. The zero-order valence-electron chi connectivity index (χ0n) is 15.4. The summed E-state index contributed by atoms with van der Waals surface area (Å²) in [5.41, 5.74) is 1.29. The van der Waals surface area contributed by atoms with Crippen LogP contribution in [0.4, 0.5) is 5.69 Å². The van der Waals surface area contributed by atoms with Crippen molar-refractivity contribution in [3.8, 4) is 0 Å². The van der Waals surface area contributed by atoms with Gasteiger partial charge in [-0.15, -0.1) is 0 Å². The number of nitro groups is 1. The predicted octanol–water partition coefficient (Wildman–Crippen LogP) is 2.34. The standard InChI is InChI=1S/C20H23N3O4/c1-15(20(25)21-2)22(13-12-16-8-4-3-5-9-16)19(24)14-17-10-6-7-11-18(17)23(26)27/h3-11,15H,12-14H2,1-2H3,(H,21,25)/t15-/m0/s1. The van der Waals surface area contributed by atoms with E-state index in [1.807, 2.05) is 30.3 Å². The summed E-state index contributed by atoms with van der Waals surface area (Å²) in [6.07, 6.45) is 0.456. The maximum atomic E-state index is 12.9. The van der Waals surface area contributed by atoms with Crippen LogP contribution in [-0.4, -0.2) is 41.3 Å². The minimum absolute atomic E-state index is 0.0959. The summed E-state index contributed by atoms with van der Waals surface area (Å²) < 4.78 is 0. The van der Waals surface area contributed by atoms with Gasteiger partial charge in [0.25, 0.3) is 5.69 Å². The van der Waals surface area contributed by atoms with Crippen molar-refractivity contribution in [2.45, 2.75) is 25.8 Å². The van der Waals surface area contributed by atoms with Crippen molar-refractivity contribution < 1.29 is 14.5 Å². The zero-order chi connectivity index (χ0) is 19.8. The first-order chi connectivity index (χ1) is 12.9. The van der Waals surface area contributed by atoms with Gasteiger partial charge in [0.05, 0.1) is 11.3 Å². The minimum Gasteiger partial charge on any atom is -0.357 e. The normalized spacial score (nSPS) is 11.5. The number of carbonyl (C=O) groups excluding carboxylic acids is 2. The lowest BCUT2D eigenvalue weighted by atomic mass is 10.1. The Labute approximate surface area is 158 Å². The molecule has 2 aromatic rings. The number of nitro benzene ring substituents is 1. The van der Waals surface area contributed by atoms with Gasteiger partial charge in [0.2, 0.25) is 11.8 Å². The van der Waals surface area contributed by atoms with Crippen molar-refractivity contribution in [3.05, 3.63) is 75.8 Å². The molecule has 1 N–H and O–H groups in total. The molecule has 0 heterocycles. The molecule has 2 rings (SSSR count). The second-order valence-electron chi connectivity index (χ2n) is 6.18. The lowest BCUT2D eigenvalue weighted by Crippen LogP contribution is -2.48. The molecule has 0 saturated heterocycles. The molecule has 7 nitrogen and oxygen atoms in total. The van der Waals surface area contributed by atoms with Crippen LogP contribution in [0.25, 0.3) is 0 Å². The molecule has 0 aromatic heterocycles. The van der Waals surface area contributed by atoms with Crippen molar-refractivity contribution in [2.24, 2.45) is 0 Å². The van der Waals surface area contributed by atoms with E-state index in [4.69, 9.17) is 0 Å². The Morgan fingerprint density at radius 3 is 2.37 bits per heavy atom. The van der Waals surface area contributed by atoms with Gasteiger partial charge in [-0.25, -0.2) is 0 Å². The Hall–Kier alpha value is -3.22. The van der Waals surface area contributed by atoms with Crippen LogP contribution in [0.2, 0.25) is 0 Å². The van der Waals surface area contributed by atoms with Gasteiger partial charge in [-0.2, -0.15) is 0 Å². The third kappa shape index (κ3) is 5.37. The SMILES string of the molecule is CNC(=O)[C@H](C)N(CCc1ccccc1)C(=O)Cc1ccccc1[N+](=O)[O-]. The van der Waals surface area contributed by atoms with Gasteiger partial charge in [0.1, 0.15) is 6.04 Å². The highest BCUT2D eigenvalue weighted by molar-refractivity contribution is 5.88. The Bertz CT molecular complexity index is 808. The molecule has 0 spiro atoms. The molecule has 142 valence electrons. The summed E-state index contributed by atoms with van der Waals surface area (Å²) in [7, 11) is 1.51. The molecular weight excluding hydrogens is 346 g/mol. The quantitative estimate of drug-likeness (QED) is 0.571. The first-order valence-corrected chi connectivity index (χ1v) is 8.71. The van der Waals surface area contributed by atoms with Gasteiger partial charge in [0, 0.05) is 25.2 Å². The molecule has 0 bridgehead atoms. The summed E-state index contributed by atoms with van der Waals surface area (Å²) in [4.78, 5) is 37.1. The fourth-order valence-corrected chi connectivity index (χ4v) is 2.88. The fraction of sp³-hybridized carbons (Fsp3) is 0.300. The van der Waals surface area contributed by atoms with Crippen molar-refractivity contribution in [1.29, 1.82) is 0 Å². The van der Waals surface area contributed by atoms with E-state index < -0.39 is 11.0 Å². The van der Waals surface area contributed by atoms with E-state index in [2.05, 4.69) is 5.32 Å². The summed E-state index contributed by atoms with van der Waals surface area (Å²) in [6, 6.07) is 15.1. The molecule has 0 unspecified atom stereocenters. The third-order valence-electron chi connectivity index (χ3n) is 4.43. The Morgan fingerprint density at radius 1 is 1.11 bits per heavy atom. The molecule has 7 heteroatoms. The summed E-state index contributed by atoms with van der Waals surface area (Å²) >= 11 is 0. The highest BCUT2D eigenvalue weighted by atomic mass is 16.6. The number of amides is 2. The average Bonchev–Trinajstić information content (AvgIpc) is 2.68. The van der Waals surface area contributed by atoms with Crippen LogP contribution in [0.15, 0.2) is 54.6 Å². The zero-order valence-corrected chi connectivity index (χ0v) is 15.4. The van der Waals surface area contributed by atoms with E-state index >= 15 is 0 Å². The molecule has 1 atom stereocenters. The van der Waals surface area contributed by atoms with Gasteiger partial charge in [0.15, 0.2) is 0 Å². The van der Waals surface area contributed by atoms with Crippen LogP contribution >= 0.6 is 0 Å². The van der Waals surface area contributed by atoms with Crippen molar-refractivity contribution >= 4 is 17.5 Å². The van der Waals surface area contributed by atoms with Crippen LogP contribution < -0.4 is 5.32 Å². The summed E-state index contributed by atoms with van der Waals surface area (Å²) in [5, 5.41) is 13.7. The molecule has 0 aliphatic rings. The topological polar surface area (TPSA) is 92.6 Å². The van der Waals surface area contributed by atoms with Crippen molar-refractivity contribution in [2.75, 3.05) is 13.6 Å². The highest BCUT2D eigenvalue weighted by Gasteiger charge is 2.26. The second-order valence-corrected chi connectivity index (χ2v) is 6.18. The maximum absolute atomic E-state index is 12.9. The van der Waals surface area contributed by atoms with E-state index in [1.54, 1.807) is 25.1 Å². The Kier molecular flexibility index (Phi) is 7.05. The monoisotopic (exact) mass is 369 g/mol. The second kappa shape index (κ2) is 9.47. The molecular formula is C20H23N3O4. The van der Waals surface area contributed by atoms with E-state index in [-0.39, 0.29) is 23.9 Å². The molecule has 0 radical (unpaired) electrons. The molecule has 2 aromatic carbocycles. The van der Waals surface area contributed by atoms with Gasteiger partial charge >= 0.3 is 0 Å². The van der Waals surface area contributed by atoms with E-state index in [0.29, 0.717) is 18.5 Å². The van der Waals surface area contributed by atoms with Gasteiger partial charge in [-0.05, 0) is 18.9 Å². The van der Waals surface area contributed by atoms with Gasteiger partial charge < -0.3 is 10.2 Å². The fourth-order valence-electron chi connectivity index (χ4n) is 2.88. The molecule has 0 fully saturated rings. The summed E-state index contributed by atoms with van der Waals surface area (Å²) in [6.45, 7) is 2.00. The van der Waals surface area contributed by atoms with E-state index in [0.717, 1.165) is 5.56 Å². The van der Waals surface area contributed by atoms with E-state index in [9.17, 15) is 19.7 Å².